The summed E-state index contributed by atoms with van der Waals surface area (Å²) in [5.41, 5.74) is 0.988. The number of rotatable bonds is 6. The third-order valence-electron chi connectivity index (χ3n) is 2.54. The summed E-state index contributed by atoms with van der Waals surface area (Å²) in [7, 11) is 1.69. The summed E-state index contributed by atoms with van der Waals surface area (Å²) in [5.74, 6) is -0.394. The van der Waals surface area contributed by atoms with E-state index in [1.165, 1.54) is 0 Å². The van der Waals surface area contributed by atoms with E-state index in [2.05, 4.69) is 5.32 Å². The van der Waals surface area contributed by atoms with Crippen molar-refractivity contribution in [1.82, 2.24) is 5.32 Å². The Hall–Kier alpha value is -1.43. The zero-order chi connectivity index (χ0) is 13.5. The van der Waals surface area contributed by atoms with Gasteiger partial charge >= 0.3 is 5.97 Å². The Kier molecular flexibility index (Phi) is 5.77. The first kappa shape index (κ1) is 14.6. The van der Waals surface area contributed by atoms with Crippen LogP contribution in [0.15, 0.2) is 24.3 Å². The van der Waals surface area contributed by atoms with Gasteiger partial charge < -0.3 is 20.3 Å². The number of benzene rings is 1. The number of aliphatic hydroxyl groups excluding tert-OH is 2. The van der Waals surface area contributed by atoms with Gasteiger partial charge in [0, 0.05) is 6.54 Å². The van der Waals surface area contributed by atoms with Crippen molar-refractivity contribution in [2.45, 2.75) is 19.1 Å². The van der Waals surface area contributed by atoms with Crippen molar-refractivity contribution in [3.63, 3.8) is 0 Å². The molecule has 1 rings (SSSR count). The standard InChI is InChI=1S/C13H19NO4/c1-3-18-13(17)10-6-4-9(5-7-10)12(16)11(15)8-14-2/h4-7,11-12,14-16H,3,8H2,1-2H3. The number of ether oxygens (including phenoxy) is 1. The number of aliphatic hydroxyl groups is 2. The van der Waals surface area contributed by atoms with Crippen LogP contribution in [0.3, 0.4) is 0 Å². The second kappa shape index (κ2) is 7.10. The Balaban J connectivity index is 2.73. The van der Waals surface area contributed by atoms with Gasteiger partial charge in [-0.25, -0.2) is 4.79 Å². The first-order chi connectivity index (χ1) is 8.60. The number of esters is 1. The minimum atomic E-state index is -0.978. The van der Waals surface area contributed by atoms with E-state index in [-0.39, 0.29) is 0 Å². The van der Waals surface area contributed by atoms with Crippen LogP contribution in [0.2, 0.25) is 0 Å². The normalized spacial score (nSPS) is 14.0. The molecule has 0 fully saturated rings. The summed E-state index contributed by atoms with van der Waals surface area (Å²) >= 11 is 0. The molecule has 0 aliphatic heterocycles. The van der Waals surface area contributed by atoms with Crippen LogP contribution in [0.1, 0.15) is 28.9 Å². The highest BCUT2D eigenvalue weighted by atomic mass is 16.5. The largest absolute Gasteiger partial charge is 0.462 e. The van der Waals surface area contributed by atoms with Crippen LogP contribution in [0, 0.1) is 0 Å². The maximum atomic E-state index is 11.4. The van der Waals surface area contributed by atoms with E-state index >= 15 is 0 Å². The molecule has 0 spiro atoms. The molecule has 1 aromatic rings. The van der Waals surface area contributed by atoms with Crippen LogP contribution in [0.4, 0.5) is 0 Å². The number of hydrogen-bond acceptors (Lipinski definition) is 5. The second-order valence-electron chi connectivity index (χ2n) is 3.91. The van der Waals surface area contributed by atoms with Crippen molar-refractivity contribution < 1.29 is 19.7 Å². The summed E-state index contributed by atoms with van der Waals surface area (Å²) in [4.78, 5) is 11.4. The molecule has 0 bridgehead atoms. The second-order valence-corrected chi connectivity index (χ2v) is 3.91. The fourth-order valence-electron chi connectivity index (χ4n) is 1.57. The van der Waals surface area contributed by atoms with Crippen molar-refractivity contribution in [2.24, 2.45) is 0 Å². The number of hydrogen-bond donors (Lipinski definition) is 3. The third kappa shape index (κ3) is 3.80. The SMILES string of the molecule is CCOC(=O)c1ccc(C(O)C(O)CNC)cc1. The number of carbonyl (C=O) groups is 1. The average Bonchev–Trinajstić information content (AvgIpc) is 2.38. The molecule has 0 aliphatic rings. The lowest BCUT2D eigenvalue weighted by Gasteiger charge is -2.17. The average molecular weight is 253 g/mol. The predicted molar refractivity (Wildman–Crippen MR) is 67.3 cm³/mol. The summed E-state index contributed by atoms with van der Waals surface area (Å²) < 4.78 is 4.85. The summed E-state index contributed by atoms with van der Waals surface area (Å²) in [5, 5.41) is 22.3. The Morgan fingerprint density at radius 2 is 1.94 bits per heavy atom. The molecular formula is C13H19NO4. The van der Waals surface area contributed by atoms with E-state index in [9.17, 15) is 15.0 Å². The molecule has 5 nitrogen and oxygen atoms in total. The Bertz CT molecular complexity index is 377. The van der Waals surface area contributed by atoms with Gasteiger partial charge in [0.15, 0.2) is 0 Å². The van der Waals surface area contributed by atoms with E-state index in [1.54, 1.807) is 38.2 Å². The van der Waals surface area contributed by atoms with Crippen molar-refractivity contribution in [1.29, 1.82) is 0 Å². The minimum absolute atomic E-state index is 0.292. The Morgan fingerprint density at radius 3 is 2.44 bits per heavy atom. The first-order valence-corrected chi connectivity index (χ1v) is 5.88. The van der Waals surface area contributed by atoms with Crippen LogP contribution < -0.4 is 5.32 Å². The molecule has 3 N–H and O–H groups in total. The molecule has 0 saturated heterocycles. The molecule has 0 heterocycles. The summed E-state index contributed by atoms with van der Waals surface area (Å²) in [6, 6.07) is 6.36. The number of nitrogens with one attached hydrogen (secondary N) is 1. The van der Waals surface area contributed by atoms with Gasteiger partial charge in [0.2, 0.25) is 0 Å². The lowest BCUT2D eigenvalue weighted by molar-refractivity contribution is 0.0202. The molecule has 0 aliphatic carbocycles. The van der Waals surface area contributed by atoms with E-state index in [1.807, 2.05) is 0 Å². The van der Waals surface area contributed by atoms with Gasteiger partial charge in [-0.05, 0) is 31.7 Å². The molecule has 2 atom stereocenters. The Labute approximate surface area is 106 Å². The van der Waals surface area contributed by atoms with E-state index in [0.717, 1.165) is 0 Å². The molecule has 0 radical (unpaired) electrons. The zero-order valence-electron chi connectivity index (χ0n) is 10.6. The molecule has 1 aromatic carbocycles. The smallest absolute Gasteiger partial charge is 0.338 e. The van der Waals surface area contributed by atoms with Crippen molar-refractivity contribution in [3.05, 3.63) is 35.4 Å². The fraction of sp³-hybridized carbons (Fsp3) is 0.462. The van der Waals surface area contributed by atoms with Gasteiger partial charge in [-0.2, -0.15) is 0 Å². The molecule has 5 heteroatoms. The van der Waals surface area contributed by atoms with E-state index in [0.29, 0.717) is 24.3 Å². The highest BCUT2D eigenvalue weighted by molar-refractivity contribution is 5.89. The molecule has 18 heavy (non-hydrogen) atoms. The Morgan fingerprint density at radius 1 is 1.33 bits per heavy atom. The monoisotopic (exact) mass is 253 g/mol. The number of likely N-dealkylation sites (N-methyl/N-ethyl adjacent to an activating group) is 1. The maximum Gasteiger partial charge on any atom is 0.338 e. The van der Waals surface area contributed by atoms with Crippen LogP contribution in [-0.2, 0) is 4.74 Å². The first-order valence-electron chi connectivity index (χ1n) is 5.88. The molecule has 100 valence electrons. The van der Waals surface area contributed by atoms with Gasteiger partial charge in [-0.3, -0.25) is 0 Å². The van der Waals surface area contributed by atoms with Crippen LogP contribution in [-0.4, -0.2) is 42.5 Å². The van der Waals surface area contributed by atoms with Crippen LogP contribution in [0.5, 0.6) is 0 Å². The zero-order valence-corrected chi connectivity index (χ0v) is 10.6. The minimum Gasteiger partial charge on any atom is -0.462 e. The predicted octanol–water partition coefficient (Wildman–Crippen LogP) is 0.477. The van der Waals surface area contributed by atoms with Crippen molar-refractivity contribution in [3.8, 4) is 0 Å². The number of carbonyl (C=O) groups excluding carboxylic acids is 1. The van der Waals surface area contributed by atoms with Gasteiger partial charge in [0.1, 0.15) is 6.10 Å². The summed E-state index contributed by atoms with van der Waals surface area (Å²) in [6.45, 7) is 2.36. The van der Waals surface area contributed by atoms with Gasteiger partial charge in [-0.1, -0.05) is 12.1 Å². The van der Waals surface area contributed by atoms with Crippen molar-refractivity contribution >= 4 is 5.97 Å². The maximum absolute atomic E-state index is 11.4. The highest BCUT2D eigenvalue weighted by Gasteiger charge is 2.17. The van der Waals surface area contributed by atoms with E-state index < -0.39 is 18.2 Å². The lowest BCUT2D eigenvalue weighted by atomic mass is 10.0. The van der Waals surface area contributed by atoms with E-state index in [4.69, 9.17) is 4.74 Å². The quantitative estimate of drug-likeness (QED) is 0.643. The van der Waals surface area contributed by atoms with Gasteiger partial charge in [0.05, 0.1) is 18.3 Å². The molecule has 2 unspecified atom stereocenters. The highest BCUT2D eigenvalue weighted by Crippen LogP contribution is 2.17. The van der Waals surface area contributed by atoms with Gasteiger partial charge in [-0.15, -0.1) is 0 Å². The molecule has 0 aromatic heterocycles. The molecule has 0 saturated carbocycles. The lowest BCUT2D eigenvalue weighted by Crippen LogP contribution is -2.29. The van der Waals surface area contributed by atoms with Gasteiger partial charge in [0.25, 0.3) is 0 Å². The van der Waals surface area contributed by atoms with Crippen LogP contribution in [0.25, 0.3) is 0 Å². The summed E-state index contributed by atoms with van der Waals surface area (Å²) in [6.07, 6.45) is -1.86. The van der Waals surface area contributed by atoms with Crippen molar-refractivity contribution in [2.75, 3.05) is 20.2 Å². The topological polar surface area (TPSA) is 78.8 Å². The molecule has 0 amide bonds. The molecular weight excluding hydrogens is 234 g/mol. The van der Waals surface area contributed by atoms with Crippen LogP contribution >= 0.6 is 0 Å². The fourth-order valence-corrected chi connectivity index (χ4v) is 1.57. The third-order valence-corrected chi connectivity index (χ3v) is 2.54.